The summed E-state index contributed by atoms with van der Waals surface area (Å²) >= 11 is 0. The summed E-state index contributed by atoms with van der Waals surface area (Å²) in [6.45, 7) is 0.634. The first kappa shape index (κ1) is 16.9. The largest absolute Gasteiger partial charge is 0.514 e. The lowest BCUT2D eigenvalue weighted by Crippen LogP contribution is -2.25. The fourth-order valence-corrected chi connectivity index (χ4v) is 2.70. The minimum absolute atomic E-state index is 0.0813. The third kappa shape index (κ3) is 4.33. The van der Waals surface area contributed by atoms with Gasteiger partial charge in [-0.1, -0.05) is 30.3 Å². The number of nitrogens with zero attached hydrogens (tertiary/aromatic N) is 1. The molecule has 1 aliphatic rings. The van der Waals surface area contributed by atoms with Gasteiger partial charge in [0, 0.05) is 18.7 Å². The molecule has 1 heterocycles. The average molecular weight is 343 g/mol. The number of non-ortho nitro benzene ring substituents is 1. The van der Waals surface area contributed by atoms with Crippen molar-refractivity contribution in [1.82, 2.24) is 0 Å². The molecule has 25 heavy (non-hydrogen) atoms. The van der Waals surface area contributed by atoms with Crippen LogP contribution in [0.4, 0.5) is 10.5 Å². The highest BCUT2D eigenvalue weighted by Gasteiger charge is 2.31. The van der Waals surface area contributed by atoms with Gasteiger partial charge in [0.25, 0.3) is 5.69 Å². The van der Waals surface area contributed by atoms with E-state index in [0.29, 0.717) is 6.61 Å². The van der Waals surface area contributed by atoms with E-state index in [1.807, 2.05) is 30.3 Å². The number of nitro groups is 1. The highest BCUT2D eigenvalue weighted by Crippen LogP contribution is 2.30. The zero-order valence-electron chi connectivity index (χ0n) is 13.4. The molecule has 2 atom stereocenters. The van der Waals surface area contributed by atoms with Crippen molar-refractivity contribution in [2.24, 2.45) is 0 Å². The Morgan fingerprint density at radius 1 is 1.16 bits per heavy atom. The van der Waals surface area contributed by atoms with E-state index in [0.717, 1.165) is 18.4 Å². The minimum atomic E-state index is -0.877. The first-order valence-electron chi connectivity index (χ1n) is 7.93. The summed E-state index contributed by atoms with van der Waals surface area (Å²) in [5, 5.41) is 10.6. The second kappa shape index (κ2) is 7.76. The third-order valence-corrected chi connectivity index (χ3v) is 3.90. The molecule has 0 radical (unpaired) electrons. The maximum atomic E-state index is 12.1. The van der Waals surface area contributed by atoms with Crippen LogP contribution in [0.2, 0.25) is 0 Å². The lowest BCUT2D eigenvalue weighted by atomic mass is 10.0. The summed E-state index contributed by atoms with van der Waals surface area (Å²) in [6, 6.07) is 14.6. The van der Waals surface area contributed by atoms with Crippen molar-refractivity contribution in [2.45, 2.75) is 25.0 Å². The highest BCUT2D eigenvalue weighted by molar-refractivity contribution is 5.64. The average Bonchev–Trinajstić information content (AvgIpc) is 3.15. The maximum absolute atomic E-state index is 12.1. The number of hydrogen-bond donors (Lipinski definition) is 0. The maximum Gasteiger partial charge on any atom is 0.514 e. The second-order valence-corrected chi connectivity index (χ2v) is 5.60. The highest BCUT2D eigenvalue weighted by atomic mass is 16.7. The molecule has 2 aromatic rings. The van der Waals surface area contributed by atoms with Crippen molar-refractivity contribution in [2.75, 3.05) is 6.61 Å². The van der Waals surface area contributed by atoms with Crippen LogP contribution < -0.4 is 4.74 Å². The van der Waals surface area contributed by atoms with Crippen molar-refractivity contribution in [3.8, 4) is 5.75 Å². The molecular formula is C18H17NO6. The lowest BCUT2D eigenvalue weighted by Gasteiger charge is -2.23. The summed E-state index contributed by atoms with van der Waals surface area (Å²) in [4.78, 5) is 22.3. The predicted molar refractivity (Wildman–Crippen MR) is 88.4 cm³/mol. The Kier molecular flexibility index (Phi) is 5.25. The van der Waals surface area contributed by atoms with Gasteiger partial charge >= 0.3 is 6.16 Å². The van der Waals surface area contributed by atoms with Crippen molar-refractivity contribution < 1.29 is 23.9 Å². The summed E-state index contributed by atoms with van der Waals surface area (Å²) < 4.78 is 16.3. The van der Waals surface area contributed by atoms with E-state index in [9.17, 15) is 14.9 Å². The molecule has 1 saturated heterocycles. The standard InChI is InChI=1S/C18H17NO6/c20-18(24-15-10-8-14(9-11-15)19(21)22)25-17(16-7-4-12-23-16)13-5-2-1-3-6-13/h1-3,5-6,8-11,16-17H,4,7,12H2/t16?,17-/m0/s1. The van der Waals surface area contributed by atoms with Crippen LogP contribution in [0.1, 0.15) is 24.5 Å². The van der Waals surface area contributed by atoms with Crippen LogP contribution in [-0.4, -0.2) is 23.8 Å². The van der Waals surface area contributed by atoms with Gasteiger partial charge in [0.1, 0.15) is 5.75 Å². The Bertz CT molecular complexity index is 725. The van der Waals surface area contributed by atoms with E-state index < -0.39 is 17.2 Å². The molecule has 2 aromatic carbocycles. The van der Waals surface area contributed by atoms with Crippen molar-refractivity contribution in [3.63, 3.8) is 0 Å². The van der Waals surface area contributed by atoms with Crippen LogP contribution in [0.25, 0.3) is 0 Å². The Labute approximate surface area is 144 Å². The molecule has 0 amide bonds. The summed E-state index contributed by atoms with van der Waals surface area (Å²) in [7, 11) is 0. The van der Waals surface area contributed by atoms with Gasteiger partial charge in [-0.3, -0.25) is 10.1 Å². The second-order valence-electron chi connectivity index (χ2n) is 5.60. The van der Waals surface area contributed by atoms with Gasteiger partial charge in [0.2, 0.25) is 0 Å². The zero-order valence-corrected chi connectivity index (χ0v) is 13.4. The molecule has 130 valence electrons. The van der Waals surface area contributed by atoms with Gasteiger partial charge in [-0.2, -0.15) is 0 Å². The predicted octanol–water partition coefficient (Wildman–Crippen LogP) is 4.03. The number of carbonyl (C=O) groups is 1. The fourth-order valence-electron chi connectivity index (χ4n) is 2.70. The topological polar surface area (TPSA) is 87.9 Å². The molecule has 3 rings (SSSR count). The van der Waals surface area contributed by atoms with Crippen LogP contribution in [0, 0.1) is 10.1 Å². The molecule has 0 aliphatic carbocycles. The number of benzene rings is 2. The summed E-state index contributed by atoms with van der Waals surface area (Å²) in [5.74, 6) is 0.176. The van der Waals surface area contributed by atoms with E-state index >= 15 is 0 Å². The minimum Gasteiger partial charge on any atom is -0.423 e. The molecule has 0 spiro atoms. The van der Waals surface area contributed by atoms with Crippen molar-refractivity contribution in [3.05, 3.63) is 70.3 Å². The van der Waals surface area contributed by atoms with Gasteiger partial charge < -0.3 is 14.2 Å². The molecule has 0 bridgehead atoms. The molecule has 7 nitrogen and oxygen atoms in total. The molecule has 0 N–H and O–H groups in total. The monoisotopic (exact) mass is 343 g/mol. The van der Waals surface area contributed by atoms with Crippen molar-refractivity contribution in [1.29, 1.82) is 0 Å². The zero-order chi connectivity index (χ0) is 17.6. The number of carbonyl (C=O) groups excluding carboxylic acids is 1. The van der Waals surface area contributed by atoms with Crippen molar-refractivity contribution >= 4 is 11.8 Å². The van der Waals surface area contributed by atoms with Crippen LogP contribution in [0.15, 0.2) is 54.6 Å². The molecular weight excluding hydrogens is 326 g/mol. The van der Waals surface area contributed by atoms with E-state index in [-0.39, 0.29) is 17.5 Å². The van der Waals surface area contributed by atoms with Crippen LogP contribution in [0.3, 0.4) is 0 Å². The molecule has 1 fully saturated rings. The molecule has 1 aliphatic heterocycles. The first-order valence-corrected chi connectivity index (χ1v) is 7.93. The SMILES string of the molecule is O=C(Oc1ccc([N+](=O)[O-])cc1)O[C@@H](c1ccccc1)C1CCCO1. The van der Waals surface area contributed by atoms with E-state index in [1.54, 1.807) is 0 Å². The van der Waals surface area contributed by atoms with E-state index in [4.69, 9.17) is 14.2 Å². The van der Waals surface area contributed by atoms with Crippen LogP contribution in [0.5, 0.6) is 5.75 Å². The van der Waals surface area contributed by atoms with Gasteiger partial charge in [-0.05, 0) is 30.5 Å². The molecule has 7 heteroatoms. The Hall–Kier alpha value is -2.93. The van der Waals surface area contributed by atoms with Gasteiger partial charge in [0.05, 0.1) is 11.0 Å². The summed E-state index contributed by atoms with van der Waals surface area (Å²) in [6.07, 6.45) is 0.0540. The van der Waals surface area contributed by atoms with Crippen LogP contribution >= 0.6 is 0 Å². The molecule has 1 unspecified atom stereocenters. The molecule has 0 saturated carbocycles. The van der Waals surface area contributed by atoms with Gasteiger partial charge in [-0.15, -0.1) is 0 Å². The number of hydrogen-bond acceptors (Lipinski definition) is 6. The normalized spacial score (nSPS) is 17.7. The fraction of sp³-hybridized carbons (Fsp3) is 0.278. The van der Waals surface area contributed by atoms with Gasteiger partial charge in [0.15, 0.2) is 6.10 Å². The van der Waals surface area contributed by atoms with Gasteiger partial charge in [-0.25, -0.2) is 4.79 Å². The molecule has 0 aromatic heterocycles. The van der Waals surface area contributed by atoms with Crippen LogP contribution in [-0.2, 0) is 9.47 Å². The Balaban J connectivity index is 1.68. The first-order chi connectivity index (χ1) is 12.1. The Morgan fingerprint density at radius 3 is 2.48 bits per heavy atom. The third-order valence-electron chi connectivity index (χ3n) is 3.90. The van der Waals surface area contributed by atoms with E-state index in [2.05, 4.69) is 0 Å². The number of nitro benzene ring substituents is 1. The quantitative estimate of drug-likeness (QED) is 0.352. The number of rotatable bonds is 5. The lowest BCUT2D eigenvalue weighted by molar-refractivity contribution is -0.384. The Morgan fingerprint density at radius 2 is 1.88 bits per heavy atom. The number of ether oxygens (including phenoxy) is 3. The summed E-state index contributed by atoms with van der Waals surface area (Å²) in [5.41, 5.74) is 0.747. The smallest absolute Gasteiger partial charge is 0.423 e. The van der Waals surface area contributed by atoms with E-state index in [1.165, 1.54) is 24.3 Å².